The Hall–Kier alpha value is -1.73. The first-order valence-electron chi connectivity index (χ1n) is 9.32. The lowest BCUT2D eigenvalue weighted by Gasteiger charge is -2.22. The highest BCUT2D eigenvalue weighted by Crippen LogP contribution is 2.20. The maximum Gasteiger partial charge on any atom is 0.224 e. The molecule has 0 bridgehead atoms. The summed E-state index contributed by atoms with van der Waals surface area (Å²) < 4.78 is 0. The Labute approximate surface area is 153 Å². The van der Waals surface area contributed by atoms with Crippen LogP contribution in [0.3, 0.4) is 0 Å². The predicted molar refractivity (Wildman–Crippen MR) is 102 cm³/mol. The Morgan fingerprint density at radius 1 is 1.08 bits per heavy atom. The lowest BCUT2D eigenvalue weighted by Crippen LogP contribution is -2.28. The third-order valence-corrected chi connectivity index (χ3v) is 5.78. The topological polar surface area (TPSA) is 57.2 Å². The fraction of sp³-hybridized carbons (Fsp3) is 0.611. The van der Waals surface area contributed by atoms with Gasteiger partial charge in [0.1, 0.15) is 10.8 Å². The van der Waals surface area contributed by atoms with Gasteiger partial charge in [-0.3, -0.25) is 4.90 Å². The van der Waals surface area contributed by atoms with Gasteiger partial charge in [-0.25, -0.2) is 9.97 Å². The summed E-state index contributed by atoms with van der Waals surface area (Å²) in [6.07, 6.45) is 10.1. The number of rotatable bonds is 5. The van der Waals surface area contributed by atoms with Crippen LogP contribution in [-0.4, -0.2) is 52.1 Å². The van der Waals surface area contributed by atoms with Gasteiger partial charge in [-0.2, -0.15) is 4.98 Å². The number of hydrogen-bond acceptors (Lipinski definition) is 7. The van der Waals surface area contributed by atoms with Gasteiger partial charge in [-0.15, -0.1) is 11.3 Å². The van der Waals surface area contributed by atoms with Gasteiger partial charge in [0.25, 0.3) is 0 Å². The van der Waals surface area contributed by atoms with Crippen molar-refractivity contribution in [3.05, 3.63) is 28.8 Å². The molecule has 0 saturated carbocycles. The zero-order chi connectivity index (χ0) is 16.9. The summed E-state index contributed by atoms with van der Waals surface area (Å²) in [4.78, 5) is 18.5. The maximum atomic E-state index is 4.78. The molecule has 2 aliphatic heterocycles. The van der Waals surface area contributed by atoms with Gasteiger partial charge in [-0.05, 0) is 25.3 Å². The Morgan fingerprint density at radius 3 is 2.76 bits per heavy atom. The van der Waals surface area contributed by atoms with E-state index in [0.29, 0.717) is 6.04 Å². The number of nitrogens with one attached hydrogen (secondary N) is 1. The van der Waals surface area contributed by atoms with Crippen molar-refractivity contribution in [2.45, 2.75) is 44.7 Å². The summed E-state index contributed by atoms with van der Waals surface area (Å²) in [6.45, 7) is 5.30. The highest BCUT2D eigenvalue weighted by molar-refractivity contribution is 7.09. The van der Waals surface area contributed by atoms with E-state index in [1.54, 1.807) is 11.3 Å². The Morgan fingerprint density at radius 2 is 1.96 bits per heavy atom. The standard InChI is InChI=1S/C18H26N6S/c1-2-4-10-24(9-3-1)16-5-7-20-18(22-16)21-15-6-11-23(13-15)14-17-19-8-12-25-17/h5,7-8,12,15H,1-4,6,9-11,13-14H2,(H,20,21,22). The van der Waals surface area contributed by atoms with E-state index in [-0.39, 0.29) is 0 Å². The van der Waals surface area contributed by atoms with E-state index in [1.165, 1.54) is 30.7 Å². The molecule has 7 heteroatoms. The Kier molecular flexibility index (Phi) is 5.42. The molecule has 2 aromatic rings. The first kappa shape index (κ1) is 16.7. The molecule has 4 rings (SSSR count). The normalized spacial score (nSPS) is 22.1. The fourth-order valence-electron chi connectivity index (χ4n) is 3.69. The third kappa shape index (κ3) is 4.46. The number of thiazole rings is 1. The van der Waals surface area contributed by atoms with Crippen molar-refractivity contribution < 1.29 is 0 Å². The van der Waals surface area contributed by atoms with E-state index in [0.717, 1.165) is 50.9 Å². The average molecular weight is 359 g/mol. The molecular formula is C18H26N6S. The third-order valence-electron chi connectivity index (χ3n) is 5.02. The van der Waals surface area contributed by atoms with Crippen molar-refractivity contribution in [3.8, 4) is 0 Å². The molecular weight excluding hydrogens is 332 g/mol. The smallest absolute Gasteiger partial charge is 0.224 e. The molecule has 0 radical (unpaired) electrons. The summed E-state index contributed by atoms with van der Waals surface area (Å²) in [5.41, 5.74) is 0. The molecule has 0 spiro atoms. The average Bonchev–Trinajstić information content (AvgIpc) is 3.21. The van der Waals surface area contributed by atoms with Gasteiger partial charge in [0.05, 0.1) is 6.54 Å². The van der Waals surface area contributed by atoms with Gasteiger partial charge in [0.2, 0.25) is 5.95 Å². The van der Waals surface area contributed by atoms with E-state index >= 15 is 0 Å². The zero-order valence-electron chi connectivity index (χ0n) is 14.6. The number of anilines is 2. The minimum Gasteiger partial charge on any atom is -0.356 e. The van der Waals surface area contributed by atoms with Crippen LogP contribution >= 0.6 is 11.3 Å². The molecule has 2 aromatic heterocycles. The minimum atomic E-state index is 0.416. The van der Waals surface area contributed by atoms with Crippen LogP contribution in [0.15, 0.2) is 23.8 Å². The van der Waals surface area contributed by atoms with Crippen LogP contribution in [0.25, 0.3) is 0 Å². The highest BCUT2D eigenvalue weighted by Gasteiger charge is 2.23. The van der Waals surface area contributed by atoms with Crippen molar-refractivity contribution in [1.82, 2.24) is 19.9 Å². The van der Waals surface area contributed by atoms with Gasteiger partial charge < -0.3 is 10.2 Å². The van der Waals surface area contributed by atoms with Crippen molar-refractivity contribution in [2.24, 2.45) is 0 Å². The molecule has 1 unspecified atom stereocenters. The molecule has 0 aromatic carbocycles. The Bertz CT molecular complexity index is 653. The fourth-order valence-corrected chi connectivity index (χ4v) is 4.35. The van der Waals surface area contributed by atoms with Gasteiger partial charge >= 0.3 is 0 Å². The number of aromatic nitrogens is 3. The van der Waals surface area contributed by atoms with Crippen molar-refractivity contribution >= 4 is 23.1 Å². The molecule has 25 heavy (non-hydrogen) atoms. The van der Waals surface area contributed by atoms with E-state index in [2.05, 4.69) is 25.1 Å². The second-order valence-corrected chi connectivity index (χ2v) is 7.91. The summed E-state index contributed by atoms with van der Waals surface area (Å²) in [6, 6.07) is 2.46. The van der Waals surface area contributed by atoms with Gasteiger partial charge in [-0.1, -0.05) is 12.8 Å². The van der Waals surface area contributed by atoms with Crippen LogP contribution in [0.1, 0.15) is 37.1 Å². The second-order valence-electron chi connectivity index (χ2n) is 6.93. The lowest BCUT2D eigenvalue weighted by atomic mass is 10.2. The van der Waals surface area contributed by atoms with Crippen molar-refractivity contribution in [3.63, 3.8) is 0 Å². The van der Waals surface area contributed by atoms with E-state index < -0.39 is 0 Å². The van der Waals surface area contributed by atoms with Crippen LogP contribution in [0.5, 0.6) is 0 Å². The van der Waals surface area contributed by atoms with Gasteiger partial charge in [0, 0.05) is 50.0 Å². The summed E-state index contributed by atoms with van der Waals surface area (Å²) >= 11 is 1.73. The maximum absolute atomic E-state index is 4.78. The highest BCUT2D eigenvalue weighted by atomic mass is 32.1. The molecule has 2 saturated heterocycles. The number of hydrogen-bond donors (Lipinski definition) is 1. The molecule has 1 N–H and O–H groups in total. The van der Waals surface area contributed by atoms with E-state index in [9.17, 15) is 0 Å². The quantitative estimate of drug-likeness (QED) is 0.887. The summed E-state index contributed by atoms with van der Waals surface area (Å²) in [5, 5.41) is 6.78. The van der Waals surface area contributed by atoms with Crippen LogP contribution < -0.4 is 10.2 Å². The monoisotopic (exact) mass is 358 g/mol. The number of nitrogens with zero attached hydrogens (tertiary/aromatic N) is 5. The second kappa shape index (κ2) is 8.10. The Balaban J connectivity index is 1.34. The largest absolute Gasteiger partial charge is 0.356 e. The molecule has 134 valence electrons. The molecule has 4 heterocycles. The molecule has 0 aliphatic carbocycles. The molecule has 1 atom stereocenters. The lowest BCUT2D eigenvalue weighted by molar-refractivity contribution is 0.328. The molecule has 2 fully saturated rings. The van der Waals surface area contributed by atoms with Crippen LogP contribution in [0.2, 0.25) is 0 Å². The first-order chi connectivity index (χ1) is 12.4. The van der Waals surface area contributed by atoms with Crippen molar-refractivity contribution in [2.75, 3.05) is 36.4 Å². The predicted octanol–water partition coefficient (Wildman–Crippen LogP) is 3.00. The van der Waals surface area contributed by atoms with Crippen LogP contribution in [0.4, 0.5) is 11.8 Å². The number of likely N-dealkylation sites (tertiary alicyclic amines) is 1. The van der Waals surface area contributed by atoms with Crippen LogP contribution in [-0.2, 0) is 6.54 Å². The molecule has 2 aliphatic rings. The van der Waals surface area contributed by atoms with Crippen LogP contribution in [0, 0.1) is 0 Å². The first-order valence-corrected chi connectivity index (χ1v) is 10.2. The van der Waals surface area contributed by atoms with Crippen molar-refractivity contribution in [1.29, 1.82) is 0 Å². The molecule has 6 nitrogen and oxygen atoms in total. The molecule has 0 amide bonds. The zero-order valence-corrected chi connectivity index (χ0v) is 15.4. The van der Waals surface area contributed by atoms with E-state index in [1.807, 2.05) is 23.8 Å². The SMILES string of the molecule is c1cc(N2CCCCCC2)nc(NC2CCN(Cc3nccs3)C2)n1. The summed E-state index contributed by atoms with van der Waals surface area (Å²) in [7, 11) is 0. The van der Waals surface area contributed by atoms with E-state index in [4.69, 9.17) is 4.98 Å². The van der Waals surface area contributed by atoms with Gasteiger partial charge in [0.15, 0.2) is 0 Å². The minimum absolute atomic E-state index is 0.416. The summed E-state index contributed by atoms with van der Waals surface area (Å²) in [5.74, 6) is 1.83.